The van der Waals surface area contributed by atoms with Crippen molar-refractivity contribution in [3.63, 3.8) is 0 Å². The van der Waals surface area contributed by atoms with E-state index >= 15 is 0 Å². The summed E-state index contributed by atoms with van der Waals surface area (Å²) in [6.45, 7) is 1.80. The monoisotopic (exact) mass is 147 g/mol. The summed E-state index contributed by atoms with van der Waals surface area (Å²) in [5, 5.41) is 0. The van der Waals surface area contributed by atoms with Gasteiger partial charge in [0.15, 0.2) is 0 Å². The normalized spacial score (nSPS) is 23.8. The van der Waals surface area contributed by atoms with E-state index in [2.05, 4.69) is 18.2 Å². The molecule has 1 radical (unpaired) electrons. The first-order chi connectivity index (χ1) is 5.47. The maximum atomic E-state index is 5.30. The first-order valence-corrected chi connectivity index (χ1v) is 4.00. The lowest BCUT2D eigenvalue weighted by Gasteiger charge is -2.05. The fraction of sp³-hybridized carbons (Fsp3) is 0.400. The van der Waals surface area contributed by atoms with Crippen LogP contribution >= 0.6 is 0 Å². The molecule has 1 fully saturated rings. The van der Waals surface area contributed by atoms with Gasteiger partial charge in [-0.25, -0.2) is 0 Å². The zero-order chi connectivity index (χ0) is 7.52. The molecular formula is C10H11O. The van der Waals surface area contributed by atoms with Gasteiger partial charge in [-0.05, 0) is 18.1 Å². The molecule has 57 valence electrons. The Kier molecular flexibility index (Phi) is 1.91. The summed E-state index contributed by atoms with van der Waals surface area (Å²) in [5.74, 6) is 0.618. The van der Waals surface area contributed by atoms with Crippen LogP contribution in [0.25, 0.3) is 0 Å². The van der Waals surface area contributed by atoms with Crippen molar-refractivity contribution in [1.82, 2.24) is 0 Å². The maximum absolute atomic E-state index is 5.30. The lowest BCUT2D eigenvalue weighted by molar-refractivity contribution is 0.194. The van der Waals surface area contributed by atoms with Gasteiger partial charge in [-0.1, -0.05) is 24.3 Å². The molecule has 11 heavy (non-hydrogen) atoms. The minimum atomic E-state index is 0.618. The Labute approximate surface area is 67.0 Å². The predicted octanol–water partition coefficient (Wildman–Crippen LogP) is 1.99. The molecule has 1 aromatic carbocycles. The number of hydrogen-bond acceptors (Lipinski definition) is 1. The average molecular weight is 147 g/mol. The van der Waals surface area contributed by atoms with Crippen molar-refractivity contribution < 1.29 is 4.74 Å². The highest BCUT2D eigenvalue weighted by atomic mass is 16.5. The highest BCUT2D eigenvalue weighted by Crippen LogP contribution is 2.24. The molecule has 1 aromatic rings. The van der Waals surface area contributed by atoms with Crippen LogP contribution in [0.5, 0.6) is 0 Å². The van der Waals surface area contributed by atoms with Crippen LogP contribution in [0.3, 0.4) is 0 Å². The summed E-state index contributed by atoms with van der Waals surface area (Å²) in [4.78, 5) is 0. The zero-order valence-electron chi connectivity index (χ0n) is 6.42. The van der Waals surface area contributed by atoms with Crippen molar-refractivity contribution in [3.8, 4) is 0 Å². The Morgan fingerprint density at radius 1 is 1.55 bits per heavy atom. The van der Waals surface area contributed by atoms with Crippen molar-refractivity contribution in [2.45, 2.75) is 12.3 Å². The average Bonchev–Trinajstić information content (AvgIpc) is 2.58. The van der Waals surface area contributed by atoms with Crippen LogP contribution in [-0.4, -0.2) is 13.2 Å². The second-order valence-corrected chi connectivity index (χ2v) is 2.90. The molecule has 1 saturated heterocycles. The summed E-state index contributed by atoms with van der Waals surface area (Å²) >= 11 is 0. The molecule has 1 atom stereocenters. The first-order valence-electron chi connectivity index (χ1n) is 4.00. The van der Waals surface area contributed by atoms with E-state index in [4.69, 9.17) is 4.74 Å². The van der Waals surface area contributed by atoms with E-state index in [1.54, 1.807) is 0 Å². The zero-order valence-corrected chi connectivity index (χ0v) is 6.42. The molecule has 1 heterocycles. The van der Waals surface area contributed by atoms with Gasteiger partial charge in [-0.2, -0.15) is 0 Å². The van der Waals surface area contributed by atoms with E-state index in [9.17, 15) is 0 Å². The van der Waals surface area contributed by atoms with Crippen LogP contribution in [0, 0.1) is 6.07 Å². The molecule has 1 nitrogen and oxygen atoms in total. The predicted molar refractivity (Wildman–Crippen MR) is 43.5 cm³/mol. The van der Waals surface area contributed by atoms with Gasteiger partial charge in [-0.3, -0.25) is 0 Å². The molecule has 0 spiro atoms. The van der Waals surface area contributed by atoms with E-state index in [0.717, 1.165) is 19.6 Å². The lowest BCUT2D eigenvalue weighted by atomic mass is 9.99. The SMILES string of the molecule is [c]1cccc(C2CCOC2)c1. The fourth-order valence-electron chi connectivity index (χ4n) is 1.46. The fourth-order valence-corrected chi connectivity index (χ4v) is 1.46. The summed E-state index contributed by atoms with van der Waals surface area (Å²) < 4.78 is 5.30. The van der Waals surface area contributed by atoms with E-state index < -0.39 is 0 Å². The Morgan fingerprint density at radius 3 is 3.18 bits per heavy atom. The van der Waals surface area contributed by atoms with Crippen LogP contribution < -0.4 is 0 Å². The molecule has 1 heteroatoms. The van der Waals surface area contributed by atoms with Crippen molar-refractivity contribution in [2.24, 2.45) is 0 Å². The summed E-state index contributed by atoms with van der Waals surface area (Å²) in [6.07, 6.45) is 1.16. The van der Waals surface area contributed by atoms with Gasteiger partial charge < -0.3 is 4.74 Å². The lowest BCUT2D eigenvalue weighted by Crippen LogP contribution is -1.96. The Bertz CT molecular complexity index is 212. The van der Waals surface area contributed by atoms with Gasteiger partial charge in [0.1, 0.15) is 0 Å². The molecule has 0 aliphatic carbocycles. The van der Waals surface area contributed by atoms with E-state index in [-0.39, 0.29) is 0 Å². The summed E-state index contributed by atoms with van der Waals surface area (Å²) in [6, 6.07) is 11.3. The topological polar surface area (TPSA) is 9.23 Å². The second kappa shape index (κ2) is 3.05. The summed E-state index contributed by atoms with van der Waals surface area (Å²) in [7, 11) is 0. The molecule has 0 aromatic heterocycles. The van der Waals surface area contributed by atoms with Crippen LogP contribution in [-0.2, 0) is 4.74 Å². The Balaban J connectivity index is 2.16. The van der Waals surface area contributed by atoms with Crippen LogP contribution in [0.2, 0.25) is 0 Å². The molecule has 0 bridgehead atoms. The molecule has 1 aliphatic rings. The first kappa shape index (κ1) is 6.86. The highest BCUT2D eigenvalue weighted by molar-refractivity contribution is 5.19. The third-order valence-electron chi connectivity index (χ3n) is 2.13. The van der Waals surface area contributed by atoms with E-state index in [0.29, 0.717) is 5.92 Å². The van der Waals surface area contributed by atoms with Crippen LogP contribution in [0.1, 0.15) is 17.9 Å². The number of hydrogen-bond donors (Lipinski definition) is 0. The Hall–Kier alpha value is -0.820. The Morgan fingerprint density at radius 2 is 2.55 bits per heavy atom. The third kappa shape index (κ3) is 1.43. The maximum Gasteiger partial charge on any atom is 0.0535 e. The highest BCUT2D eigenvalue weighted by Gasteiger charge is 2.16. The van der Waals surface area contributed by atoms with Gasteiger partial charge in [-0.15, -0.1) is 0 Å². The van der Waals surface area contributed by atoms with Crippen molar-refractivity contribution in [2.75, 3.05) is 13.2 Å². The molecule has 0 N–H and O–H groups in total. The van der Waals surface area contributed by atoms with Gasteiger partial charge in [0.2, 0.25) is 0 Å². The molecule has 1 unspecified atom stereocenters. The smallest absolute Gasteiger partial charge is 0.0535 e. The van der Waals surface area contributed by atoms with Gasteiger partial charge >= 0.3 is 0 Å². The second-order valence-electron chi connectivity index (χ2n) is 2.90. The van der Waals surface area contributed by atoms with Gasteiger partial charge in [0, 0.05) is 12.5 Å². The van der Waals surface area contributed by atoms with Crippen LogP contribution in [0.15, 0.2) is 24.3 Å². The molecule has 0 saturated carbocycles. The number of ether oxygens (including phenoxy) is 1. The van der Waals surface area contributed by atoms with Crippen molar-refractivity contribution in [1.29, 1.82) is 0 Å². The standard InChI is InChI=1S/C10H11O/c1-2-4-9(5-3-1)10-6-7-11-8-10/h1-2,4-5,10H,6-8H2. The molecule has 0 amide bonds. The largest absolute Gasteiger partial charge is 0.381 e. The quantitative estimate of drug-likeness (QED) is 0.590. The molecular weight excluding hydrogens is 136 g/mol. The minimum Gasteiger partial charge on any atom is -0.381 e. The van der Waals surface area contributed by atoms with Crippen LogP contribution in [0.4, 0.5) is 0 Å². The van der Waals surface area contributed by atoms with E-state index in [1.165, 1.54) is 5.56 Å². The van der Waals surface area contributed by atoms with Crippen molar-refractivity contribution in [3.05, 3.63) is 35.9 Å². The molecule has 2 rings (SSSR count). The van der Waals surface area contributed by atoms with E-state index in [1.807, 2.05) is 12.1 Å². The third-order valence-corrected chi connectivity index (χ3v) is 2.13. The number of rotatable bonds is 1. The van der Waals surface area contributed by atoms with Gasteiger partial charge in [0.05, 0.1) is 6.61 Å². The molecule has 1 aliphatic heterocycles. The van der Waals surface area contributed by atoms with Gasteiger partial charge in [0.25, 0.3) is 0 Å². The minimum absolute atomic E-state index is 0.618. The number of benzene rings is 1. The summed E-state index contributed by atoms with van der Waals surface area (Å²) in [5.41, 5.74) is 1.37. The van der Waals surface area contributed by atoms with Crippen molar-refractivity contribution >= 4 is 0 Å².